The largest absolute Gasteiger partial charge is 0.370 e. The Bertz CT molecular complexity index is 820. The Morgan fingerprint density at radius 3 is 2.86 bits per heavy atom. The molecule has 0 aromatic carbocycles. The van der Waals surface area contributed by atoms with Gasteiger partial charge in [0.25, 0.3) is 0 Å². The van der Waals surface area contributed by atoms with Crippen molar-refractivity contribution in [3.8, 4) is 11.1 Å². The number of carbonyl (C=O) groups excluding carboxylic acids is 2. The second kappa shape index (κ2) is 5.75. The van der Waals surface area contributed by atoms with E-state index in [0.717, 1.165) is 21.3 Å². The number of nitrogens with zero attached hydrogens (tertiary/aromatic N) is 1. The molecule has 0 radical (unpaired) electrons. The van der Waals surface area contributed by atoms with Gasteiger partial charge in [0.05, 0.1) is 4.88 Å². The van der Waals surface area contributed by atoms with Crippen LogP contribution in [0.4, 0.5) is 0 Å². The Balaban J connectivity index is 1.89. The summed E-state index contributed by atoms with van der Waals surface area (Å²) >= 11 is 2.99. The van der Waals surface area contributed by atoms with E-state index >= 15 is 0 Å². The highest BCUT2D eigenvalue weighted by Gasteiger charge is 2.13. The maximum absolute atomic E-state index is 12.0. The highest BCUT2D eigenvalue weighted by atomic mass is 32.1. The van der Waals surface area contributed by atoms with Crippen molar-refractivity contribution in [2.45, 2.75) is 12.8 Å². The van der Waals surface area contributed by atoms with Crippen molar-refractivity contribution in [3.63, 3.8) is 0 Å². The normalized spacial score (nSPS) is 10.9. The number of aromatic nitrogens is 1. The van der Waals surface area contributed by atoms with Crippen molar-refractivity contribution in [2.24, 2.45) is 5.73 Å². The molecule has 4 nitrogen and oxygen atoms in total. The third kappa shape index (κ3) is 2.86. The third-order valence-electron chi connectivity index (χ3n) is 3.15. The number of Topliss-reactive ketones (excluding diaryl/α,β-unsaturated/α-hetero) is 1. The predicted octanol–water partition coefficient (Wildman–Crippen LogP) is 3.47. The lowest BCUT2D eigenvalue weighted by molar-refractivity contribution is -0.118. The fraction of sp³-hybridized carbons (Fsp3) is 0.133. The molecular formula is C15H12N2O2S2. The molecule has 0 saturated carbocycles. The van der Waals surface area contributed by atoms with Crippen molar-refractivity contribution >= 4 is 44.6 Å². The molecule has 0 fully saturated rings. The summed E-state index contributed by atoms with van der Waals surface area (Å²) in [5, 5.41) is 5.06. The van der Waals surface area contributed by atoms with Gasteiger partial charge in [-0.2, -0.15) is 0 Å². The zero-order valence-corrected chi connectivity index (χ0v) is 12.7. The Kier molecular flexibility index (Phi) is 3.81. The van der Waals surface area contributed by atoms with E-state index in [-0.39, 0.29) is 18.6 Å². The number of carbonyl (C=O) groups is 2. The molecule has 6 heteroatoms. The van der Waals surface area contributed by atoms with E-state index in [4.69, 9.17) is 5.73 Å². The zero-order chi connectivity index (χ0) is 14.8. The fourth-order valence-corrected chi connectivity index (χ4v) is 3.75. The van der Waals surface area contributed by atoms with Crippen LogP contribution in [0.25, 0.3) is 21.3 Å². The number of fused-ring (bicyclic) bond motifs is 1. The van der Waals surface area contributed by atoms with E-state index in [1.807, 2.05) is 29.0 Å². The van der Waals surface area contributed by atoms with Gasteiger partial charge in [-0.1, -0.05) is 0 Å². The van der Waals surface area contributed by atoms with E-state index in [0.29, 0.717) is 4.88 Å². The molecule has 106 valence electrons. The number of pyridine rings is 1. The molecule has 21 heavy (non-hydrogen) atoms. The number of primary amides is 1. The summed E-state index contributed by atoms with van der Waals surface area (Å²) in [6.07, 6.45) is 2.04. The summed E-state index contributed by atoms with van der Waals surface area (Å²) in [4.78, 5) is 28.7. The molecule has 0 atom stereocenters. The van der Waals surface area contributed by atoms with E-state index < -0.39 is 5.91 Å². The summed E-state index contributed by atoms with van der Waals surface area (Å²) in [7, 11) is 0. The minimum atomic E-state index is -0.450. The SMILES string of the molecule is NC(=O)CCC(=O)c1cc(-c2ccnc3sccc23)cs1. The topological polar surface area (TPSA) is 73.1 Å². The molecule has 0 spiro atoms. The average Bonchev–Trinajstić information content (AvgIpc) is 3.12. The molecule has 3 rings (SSSR count). The van der Waals surface area contributed by atoms with Gasteiger partial charge in [0.1, 0.15) is 4.83 Å². The van der Waals surface area contributed by atoms with Gasteiger partial charge in [-0.15, -0.1) is 22.7 Å². The molecule has 3 heterocycles. The first-order chi connectivity index (χ1) is 10.1. The van der Waals surface area contributed by atoms with Crippen molar-refractivity contribution in [1.29, 1.82) is 0 Å². The second-order valence-corrected chi connectivity index (χ2v) is 6.39. The lowest BCUT2D eigenvalue weighted by Gasteiger charge is -1.99. The molecule has 1 amide bonds. The predicted molar refractivity (Wildman–Crippen MR) is 85.7 cm³/mol. The van der Waals surface area contributed by atoms with Crippen molar-refractivity contribution in [3.05, 3.63) is 40.0 Å². The van der Waals surface area contributed by atoms with E-state index in [1.54, 1.807) is 17.5 Å². The molecule has 0 aliphatic carbocycles. The molecular weight excluding hydrogens is 304 g/mol. The van der Waals surface area contributed by atoms with Crippen LogP contribution in [0.15, 0.2) is 35.2 Å². The number of rotatable bonds is 5. The lowest BCUT2D eigenvalue weighted by atomic mass is 10.1. The van der Waals surface area contributed by atoms with Gasteiger partial charge in [-0.25, -0.2) is 4.98 Å². The van der Waals surface area contributed by atoms with Gasteiger partial charge in [-0.05, 0) is 40.1 Å². The van der Waals surface area contributed by atoms with Crippen LogP contribution in [0.2, 0.25) is 0 Å². The third-order valence-corrected chi connectivity index (χ3v) is 4.94. The van der Waals surface area contributed by atoms with Gasteiger partial charge in [-0.3, -0.25) is 9.59 Å². The first-order valence-electron chi connectivity index (χ1n) is 6.38. The fourth-order valence-electron chi connectivity index (χ4n) is 2.11. The van der Waals surface area contributed by atoms with E-state index in [2.05, 4.69) is 4.98 Å². The second-order valence-electron chi connectivity index (χ2n) is 4.59. The number of thiophene rings is 2. The highest BCUT2D eigenvalue weighted by Crippen LogP contribution is 2.33. The van der Waals surface area contributed by atoms with Crippen LogP contribution in [0, 0.1) is 0 Å². The average molecular weight is 316 g/mol. The molecule has 3 aromatic heterocycles. The quantitative estimate of drug-likeness (QED) is 0.732. The lowest BCUT2D eigenvalue weighted by Crippen LogP contribution is -2.12. The number of amides is 1. The van der Waals surface area contributed by atoms with Crippen LogP contribution < -0.4 is 5.73 Å². The van der Waals surface area contributed by atoms with Crippen LogP contribution in [-0.2, 0) is 4.79 Å². The van der Waals surface area contributed by atoms with Crippen LogP contribution in [0.1, 0.15) is 22.5 Å². The monoisotopic (exact) mass is 316 g/mol. The molecule has 0 aliphatic rings. The maximum Gasteiger partial charge on any atom is 0.217 e. The van der Waals surface area contributed by atoms with Gasteiger partial charge < -0.3 is 5.73 Å². The maximum atomic E-state index is 12.0. The van der Waals surface area contributed by atoms with Crippen molar-refractivity contribution < 1.29 is 9.59 Å². The Morgan fingerprint density at radius 1 is 1.19 bits per heavy atom. The van der Waals surface area contributed by atoms with Crippen LogP contribution in [-0.4, -0.2) is 16.7 Å². The molecule has 0 aliphatic heterocycles. The van der Waals surface area contributed by atoms with Gasteiger partial charge >= 0.3 is 0 Å². The van der Waals surface area contributed by atoms with Crippen LogP contribution in [0.3, 0.4) is 0 Å². The number of nitrogens with two attached hydrogens (primary N) is 1. The first kappa shape index (κ1) is 13.9. The Morgan fingerprint density at radius 2 is 2.05 bits per heavy atom. The summed E-state index contributed by atoms with van der Waals surface area (Å²) in [6.45, 7) is 0. The minimum Gasteiger partial charge on any atom is -0.370 e. The first-order valence-corrected chi connectivity index (χ1v) is 8.13. The zero-order valence-electron chi connectivity index (χ0n) is 11.0. The molecule has 0 bridgehead atoms. The standard InChI is InChI=1S/C15H12N2O2S2/c16-14(19)2-1-12(18)13-7-9(8-21-13)10-3-5-17-15-11(10)4-6-20-15/h3-8H,1-2H2,(H2,16,19). The number of hydrogen-bond donors (Lipinski definition) is 1. The number of hydrogen-bond acceptors (Lipinski definition) is 5. The molecule has 3 aromatic rings. The molecule has 2 N–H and O–H groups in total. The molecule has 0 unspecified atom stereocenters. The van der Waals surface area contributed by atoms with E-state index in [1.165, 1.54) is 11.3 Å². The number of ketones is 1. The Hall–Kier alpha value is -2.05. The van der Waals surface area contributed by atoms with Crippen LogP contribution >= 0.6 is 22.7 Å². The van der Waals surface area contributed by atoms with E-state index in [9.17, 15) is 9.59 Å². The minimum absolute atomic E-state index is 0.0410. The summed E-state index contributed by atoms with van der Waals surface area (Å²) in [6, 6.07) is 5.86. The van der Waals surface area contributed by atoms with Gasteiger partial charge in [0.15, 0.2) is 5.78 Å². The summed E-state index contributed by atoms with van der Waals surface area (Å²) in [5.41, 5.74) is 7.15. The van der Waals surface area contributed by atoms with Crippen LogP contribution in [0.5, 0.6) is 0 Å². The molecule has 0 saturated heterocycles. The van der Waals surface area contributed by atoms with Gasteiger partial charge in [0, 0.05) is 24.4 Å². The Labute approximate surface area is 129 Å². The van der Waals surface area contributed by atoms with Crippen molar-refractivity contribution in [2.75, 3.05) is 0 Å². The highest BCUT2D eigenvalue weighted by molar-refractivity contribution is 7.16. The smallest absolute Gasteiger partial charge is 0.217 e. The summed E-state index contributed by atoms with van der Waals surface area (Å²) < 4.78 is 0. The van der Waals surface area contributed by atoms with Gasteiger partial charge in [0.2, 0.25) is 5.91 Å². The summed E-state index contributed by atoms with van der Waals surface area (Å²) in [5.74, 6) is -0.491. The van der Waals surface area contributed by atoms with Crippen molar-refractivity contribution in [1.82, 2.24) is 4.98 Å².